The van der Waals surface area contributed by atoms with E-state index in [0.717, 1.165) is 23.6 Å². The number of nitrogens with zero attached hydrogens (tertiary/aromatic N) is 2. The van der Waals surface area contributed by atoms with E-state index in [-0.39, 0.29) is 17.9 Å². The Hall–Kier alpha value is -2.62. The first-order valence-electron chi connectivity index (χ1n) is 8.45. The lowest BCUT2D eigenvalue weighted by Crippen LogP contribution is -2.31. The van der Waals surface area contributed by atoms with Crippen molar-refractivity contribution in [3.05, 3.63) is 54.5 Å². The molecule has 0 aliphatic carbocycles. The second-order valence-electron chi connectivity index (χ2n) is 6.78. The maximum atomic E-state index is 12.1. The Morgan fingerprint density at radius 2 is 1.96 bits per heavy atom. The molecule has 24 heavy (non-hydrogen) atoms. The van der Waals surface area contributed by atoms with Gasteiger partial charge in [-0.2, -0.15) is 0 Å². The average Bonchev–Trinajstić information content (AvgIpc) is 3.21. The van der Waals surface area contributed by atoms with E-state index in [1.54, 1.807) is 0 Å². The average molecular weight is 319 g/mol. The smallest absolute Gasteiger partial charge is 0.223 e. The Morgan fingerprint density at radius 1 is 1.17 bits per heavy atom. The molecule has 4 heteroatoms. The number of amides is 1. The number of benzene rings is 2. The van der Waals surface area contributed by atoms with Crippen molar-refractivity contribution >= 4 is 16.7 Å². The number of hydrogen-bond donors (Lipinski definition) is 1. The monoisotopic (exact) mass is 319 g/mol. The van der Waals surface area contributed by atoms with Crippen molar-refractivity contribution in [1.82, 2.24) is 14.9 Å². The number of fused-ring (bicyclic) bond motifs is 1. The minimum atomic E-state index is 0.161. The van der Waals surface area contributed by atoms with Crippen LogP contribution < -0.4 is 0 Å². The predicted octanol–water partition coefficient (Wildman–Crippen LogP) is 3.95. The zero-order valence-electron chi connectivity index (χ0n) is 14.0. The highest BCUT2D eigenvalue weighted by atomic mass is 16.2. The molecule has 1 aliphatic heterocycles. The molecule has 122 valence electrons. The number of likely N-dealkylation sites (tertiary alicyclic amines) is 1. The van der Waals surface area contributed by atoms with Crippen LogP contribution in [0.15, 0.2) is 48.7 Å². The van der Waals surface area contributed by atoms with Crippen LogP contribution in [0, 0.1) is 0 Å². The molecular weight excluding hydrogens is 298 g/mol. The van der Waals surface area contributed by atoms with Crippen LogP contribution in [0.25, 0.3) is 22.0 Å². The van der Waals surface area contributed by atoms with Crippen LogP contribution in [0.5, 0.6) is 0 Å². The van der Waals surface area contributed by atoms with Gasteiger partial charge >= 0.3 is 0 Å². The van der Waals surface area contributed by atoms with Gasteiger partial charge in [0.1, 0.15) is 5.82 Å². The van der Waals surface area contributed by atoms with Crippen molar-refractivity contribution < 1.29 is 4.79 Å². The Balaban J connectivity index is 1.61. The molecule has 1 aliphatic rings. The molecule has 1 unspecified atom stereocenters. The highest BCUT2D eigenvalue weighted by Crippen LogP contribution is 2.30. The van der Waals surface area contributed by atoms with Gasteiger partial charge in [0.25, 0.3) is 0 Å². The summed E-state index contributed by atoms with van der Waals surface area (Å²) < 4.78 is 0. The molecule has 2 heterocycles. The van der Waals surface area contributed by atoms with Gasteiger partial charge in [-0.05, 0) is 30.7 Å². The van der Waals surface area contributed by atoms with Crippen LogP contribution in [0.1, 0.15) is 32.0 Å². The zero-order chi connectivity index (χ0) is 16.7. The van der Waals surface area contributed by atoms with Gasteiger partial charge in [-0.25, -0.2) is 4.98 Å². The molecule has 0 bridgehead atoms. The summed E-state index contributed by atoms with van der Waals surface area (Å²) in [5, 5.41) is 2.45. The fraction of sp³-hybridized carbons (Fsp3) is 0.300. The summed E-state index contributed by atoms with van der Waals surface area (Å²) in [4.78, 5) is 22.0. The summed E-state index contributed by atoms with van der Waals surface area (Å²) in [6.45, 7) is 4.87. The standard InChI is InChI=1S/C20H21N3O/c1-13(2)23-12-17(10-19(23)24)20-21-11-18(22-20)16-8-7-14-5-3-4-6-15(14)9-16/h3-9,11,13,17H,10,12H2,1-2H3,(H,21,22). The lowest BCUT2D eigenvalue weighted by Gasteiger charge is -2.20. The number of nitrogens with one attached hydrogen (secondary N) is 1. The van der Waals surface area contributed by atoms with Crippen molar-refractivity contribution in [2.75, 3.05) is 6.54 Å². The van der Waals surface area contributed by atoms with Crippen molar-refractivity contribution in [1.29, 1.82) is 0 Å². The number of rotatable bonds is 3. The predicted molar refractivity (Wildman–Crippen MR) is 95.7 cm³/mol. The molecule has 2 aromatic carbocycles. The molecule has 1 aromatic heterocycles. The Morgan fingerprint density at radius 3 is 2.71 bits per heavy atom. The van der Waals surface area contributed by atoms with Gasteiger partial charge in [0, 0.05) is 30.5 Å². The molecule has 3 aromatic rings. The minimum absolute atomic E-state index is 0.161. The van der Waals surface area contributed by atoms with Crippen molar-refractivity contribution in [2.45, 2.75) is 32.2 Å². The molecule has 4 nitrogen and oxygen atoms in total. The Kier molecular flexibility index (Phi) is 3.60. The Bertz CT molecular complexity index is 897. The summed E-state index contributed by atoms with van der Waals surface area (Å²) in [6.07, 6.45) is 2.42. The molecule has 1 atom stereocenters. The largest absolute Gasteiger partial charge is 0.342 e. The number of hydrogen-bond acceptors (Lipinski definition) is 2. The van der Waals surface area contributed by atoms with Gasteiger partial charge in [0.05, 0.1) is 11.9 Å². The number of H-pyrrole nitrogens is 1. The number of aromatic amines is 1. The third-order valence-electron chi connectivity index (χ3n) is 4.82. The number of carbonyl (C=O) groups is 1. The summed E-state index contributed by atoms with van der Waals surface area (Å²) in [6, 6.07) is 15.0. The van der Waals surface area contributed by atoms with Crippen LogP contribution >= 0.6 is 0 Å². The lowest BCUT2D eigenvalue weighted by atomic mass is 10.1. The van der Waals surface area contributed by atoms with E-state index in [0.29, 0.717) is 6.42 Å². The number of imidazole rings is 1. The molecule has 1 N–H and O–H groups in total. The van der Waals surface area contributed by atoms with Crippen LogP contribution in [-0.4, -0.2) is 33.4 Å². The molecule has 0 spiro atoms. The Labute approximate surface area is 141 Å². The van der Waals surface area contributed by atoms with Crippen LogP contribution in [-0.2, 0) is 4.79 Å². The quantitative estimate of drug-likeness (QED) is 0.794. The summed E-state index contributed by atoms with van der Waals surface area (Å²) >= 11 is 0. The lowest BCUT2D eigenvalue weighted by molar-refractivity contribution is -0.129. The van der Waals surface area contributed by atoms with Gasteiger partial charge in [0.2, 0.25) is 5.91 Å². The van der Waals surface area contributed by atoms with Crippen molar-refractivity contribution in [3.63, 3.8) is 0 Å². The van der Waals surface area contributed by atoms with E-state index < -0.39 is 0 Å². The molecular formula is C20H21N3O. The van der Waals surface area contributed by atoms with E-state index in [9.17, 15) is 4.79 Å². The van der Waals surface area contributed by atoms with E-state index in [1.807, 2.05) is 17.2 Å². The van der Waals surface area contributed by atoms with E-state index in [1.165, 1.54) is 10.8 Å². The first-order chi connectivity index (χ1) is 11.6. The van der Waals surface area contributed by atoms with E-state index >= 15 is 0 Å². The van der Waals surface area contributed by atoms with E-state index in [4.69, 9.17) is 0 Å². The maximum absolute atomic E-state index is 12.1. The SMILES string of the molecule is CC(C)N1CC(c2ncc(-c3ccc4ccccc4c3)[nH]2)CC1=O. The van der Waals surface area contributed by atoms with Gasteiger partial charge in [-0.15, -0.1) is 0 Å². The van der Waals surface area contributed by atoms with E-state index in [2.05, 4.69) is 60.2 Å². The number of carbonyl (C=O) groups excluding carboxylic acids is 1. The molecule has 1 saturated heterocycles. The second-order valence-corrected chi connectivity index (χ2v) is 6.78. The maximum Gasteiger partial charge on any atom is 0.223 e. The molecule has 0 saturated carbocycles. The fourth-order valence-electron chi connectivity index (χ4n) is 3.46. The van der Waals surface area contributed by atoms with Gasteiger partial charge < -0.3 is 9.88 Å². The normalized spacial score (nSPS) is 18.0. The summed E-state index contributed by atoms with van der Waals surface area (Å²) in [5.74, 6) is 1.29. The fourth-order valence-corrected chi connectivity index (χ4v) is 3.46. The zero-order valence-corrected chi connectivity index (χ0v) is 14.0. The first-order valence-corrected chi connectivity index (χ1v) is 8.45. The third-order valence-corrected chi connectivity index (χ3v) is 4.82. The third kappa shape index (κ3) is 2.58. The summed E-state index contributed by atoms with van der Waals surface area (Å²) in [7, 11) is 0. The first kappa shape index (κ1) is 14.9. The number of aromatic nitrogens is 2. The van der Waals surface area contributed by atoms with Crippen molar-refractivity contribution in [3.8, 4) is 11.3 Å². The van der Waals surface area contributed by atoms with Crippen LogP contribution in [0.4, 0.5) is 0 Å². The highest BCUT2D eigenvalue weighted by molar-refractivity contribution is 5.86. The molecule has 1 amide bonds. The van der Waals surface area contributed by atoms with Crippen molar-refractivity contribution in [2.24, 2.45) is 0 Å². The highest BCUT2D eigenvalue weighted by Gasteiger charge is 2.33. The molecule has 1 fully saturated rings. The van der Waals surface area contributed by atoms with Gasteiger partial charge in [-0.1, -0.05) is 36.4 Å². The van der Waals surface area contributed by atoms with Gasteiger partial charge in [-0.3, -0.25) is 4.79 Å². The topological polar surface area (TPSA) is 49.0 Å². The van der Waals surface area contributed by atoms with Crippen LogP contribution in [0.2, 0.25) is 0 Å². The molecule has 0 radical (unpaired) electrons. The molecule has 4 rings (SSSR count). The minimum Gasteiger partial charge on any atom is -0.342 e. The summed E-state index contributed by atoms with van der Waals surface area (Å²) in [5.41, 5.74) is 2.13. The second kappa shape index (κ2) is 5.78. The van der Waals surface area contributed by atoms with Crippen LogP contribution in [0.3, 0.4) is 0 Å². The van der Waals surface area contributed by atoms with Gasteiger partial charge in [0.15, 0.2) is 0 Å².